The van der Waals surface area contributed by atoms with Crippen LogP contribution in [0.3, 0.4) is 0 Å². The molecule has 19 heavy (non-hydrogen) atoms. The zero-order chi connectivity index (χ0) is 13.8. The molecule has 0 unspecified atom stereocenters. The summed E-state index contributed by atoms with van der Waals surface area (Å²) in [4.78, 5) is 20.5. The molecule has 0 radical (unpaired) electrons. The summed E-state index contributed by atoms with van der Waals surface area (Å²) < 4.78 is 0.626. The van der Waals surface area contributed by atoms with E-state index in [9.17, 15) is 10.1 Å². The largest absolute Gasteiger partial charge is 0.367 e. The van der Waals surface area contributed by atoms with E-state index in [0.717, 1.165) is 37.7 Å². The molecule has 0 aliphatic carbocycles. The van der Waals surface area contributed by atoms with E-state index < -0.39 is 4.92 Å². The highest BCUT2D eigenvalue weighted by atomic mass is 32.2. The SMILES string of the molecule is CNc1ncnc(SC(=S)N2CCCC2)c1[N+](=O)[O-]. The summed E-state index contributed by atoms with van der Waals surface area (Å²) in [5.41, 5.74) is -0.128. The fraction of sp³-hybridized carbons (Fsp3) is 0.500. The Morgan fingerprint density at radius 1 is 1.53 bits per heavy atom. The summed E-state index contributed by atoms with van der Waals surface area (Å²) in [5.74, 6) is 0.201. The minimum atomic E-state index is -0.485. The Bertz CT molecular complexity index is 505. The fourth-order valence-electron chi connectivity index (χ4n) is 1.83. The molecule has 0 atom stereocenters. The number of aromatic nitrogens is 2. The quantitative estimate of drug-likeness (QED) is 0.298. The summed E-state index contributed by atoms with van der Waals surface area (Å²) in [6, 6.07) is 0. The van der Waals surface area contributed by atoms with Crippen molar-refractivity contribution in [2.45, 2.75) is 17.9 Å². The third-order valence-electron chi connectivity index (χ3n) is 2.76. The normalized spacial score (nSPS) is 14.5. The van der Waals surface area contributed by atoms with Gasteiger partial charge in [0.2, 0.25) is 5.82 Å². The first-order chi connectivity index (χ1) is 9.13. The zero-order valence-corrected chi connectivity index (χ0v) is 12.0. The third kappa shape index (κ3) is 3.10. The standard InChI is InChI=1S/C10H13N5O2S2/c1-11-8-7(15(16)17)9(13-6-12-8)19-10(18)14-4-2-3-5-14/h6H,2-5H2,1H3,(H,11,12,13). The molecule has 1 saturated heterocycles. The molecule has 7 nitrogen and oxygen atoms in total. The minimum Gasteiger partial charge on any atom is -0.367 e. The number of nitrogens with one attached hydrogen (secondary N) is 1. The van der Waals surface area contributed by atoms with Crippen molar-refractivity contribution in [3.8, 4) is 0 Å². The van der Waals surface area contributed by atoms with Gasteiger partial charge in [-0.3, -0.25) is 10.1 Å². The van der Waals surface area contributed by atoms with E-state index in [0.29, 0.717) is 4.32 Å². The number of likely N-dealkylation sites (tertiary alicyclic amines) is 1. The highest BCUT2D eigenvalue weighted by Crippen LogP contribution is 2.33. The first-order valence-corrected chi connectivity index (χ1v) is 7.00. The highest BCUT2D eigenvalue weighted by Gasteiger charge is 2.25. The maximum atomic E-state index is 11.1. The van der Waals surface area contributed by atoms with Gasteiger partial charge in [-0.2, -0.15) is 0 Å². The average molecular weight is 299 g/mol. The summed E-state index contributed by atoms with van der Waals surface area (Å²) in [6.45, 7) is 1.81. The molecule has 1 aromatic rings. The zero-order valence-electron chi connectivity index (χ0n) is 10.3. The summed E-state index contributed by atoms with van der Waals surface area (Å²) in [6.07, 6.45) is 3.51. The van der Waals surface area contributed by atoms with Gasteiger partial charge in [0.15, 0.2) is 5.03 Å². The molecule has 0 bridgehead atoms. The van der Waals surface area contributed by atoms with E-state index in [-0.39, 0.29) is 16.5 Å². The Hall–Kier alpha value is -1.48. The van der Waals surface area contributed by atoms with Crippen LogP contribution >= 0.6 is 24.0 Å². The van der Waals surface area contributed by atoms with Gasteiger partial charge in [-0.15, -0.1) is 0 Å². The van der Waals surface area contributed by atoms with Crippen LogP contribution in [0.15, 0.2) is 11.4 Å². The van der Waals surface area contributed by atoms with Crippen molar-refractivity contribution in [1.82, 2.24) is 14.9 Å². The summed E-state index contributed by atoms with van der Waals surface area (Å²) in [5, 5.41) is 14.1. The minimum absolute atomic E-state index is 0.128. The second-order valence-corrected chi connectivity index (χ2v) is 5.57. The Morgan fingerprint density at radius 2 is 2.21 bits per heavy atom. The predicted molar refractivity (Wildman–Crippen MR) is 77.5 cm³/mol. The van der Waals surface area contributed by atoms with Gasteiger partial charge in [0.25, 0.3) is 0 Å². The second kappa shape index (κ2) is 6.11. The van der Waals surface area contributed by atoms with Crippen LogP contribution in [-0.2, 0) is 0 Å². The Kier molecular flexibility index (Phi) is 4.48. The average Bonchev–Trinajstić information content (AvgIpc) is 2.92. The van der Waals surface area contributed by atoms with Crippen LogP contribution in [0, 0.1) is 10.1 Å². The van der Waals surface area contributed by atoms with E-state index >= 15 is 0 Å². The van der Waals surface area contributed by atoms with Crippen LogP contribution < -0.4 is 5.32 Å². The molecule has 0 saturated carbocycles. The molecule has 1 fully saturated rings. The monoisotopic (exact) mass is 299 g/mol. The Balaban J connectivity index is 2.24. The van der Waals surface area contributed by atoms with Crippen molar-refractivity contribution in [1.29, 1.82) is 0 Å². The lowest BCUT2D eigenvalue weighted by atomic mass is 10.4. The molecule has 102 valence electrons. The molecule has 0 amide bonds. The van der Waals surface area contributed by atoms with Crippen LogP contribution in [-0.4, -0.2) is 44.2 Å². The number of thioether (sulfide) groups is 1. The van der Waals surface area contributed by atoms with Crippen LogP contribution in [0.5, 0.6) is 0 Å². The fourth-order valence-corrected chi connectivity index (χ4v) is 3.10. The molecule has 0 spiro atoms. The third-order valence-corrected chi connectivity index (χ3v) is 4.19. The van der Waals surface area contributed by atoms with Gasteiger partial charge in [-0.05, 0) is 24.6 Å². The molecule has 1 aromatic heterocycles. The van der Waals surface area contributed by atoms with E-state index in [1.54, 1.807) is 7.05 Å². The van der Waals surface area contributed by atoms with Crippen molar-refractivity contribution >= 4 is 39.8 Å². The lowest BCUT2D eigenvalue weighted by Crippen LogP contribution is -2.23. The van der Waals surface area contributed by atoms with Gasteiger partial charge in [0, 0.05) is 20.1 Å². The molecule has 2 heterocycles. The van der Waals surface area contributed by atoms with Crippen LogP contribution in [0.25, 0.3) is 0 Å². The van der Waals surface area contributed by atoms with Crippen LogP contribution in [0.2, 0.25) is 0 Å². The van der Waals surface area contributed by atoms with Crippen molar-refractivity contribution in [2.75, 3.05) is 25.5 Å². The molecule has 1 N–H and O–H groups in total. The van der Waals surface area contributed by atoms with Crippen molar-refractivity contribution in [3.63, 3.8) is 0 Å². The number of rotatable bonds is 3. The van der Waals surface area contributed by atoms with Crippen molar-refractivity contribution in [3.05, 3.63) is 16.4 Å². The molecule has 9 heteroatoms. The van der Waals surface area contributed by atoms with Gasteiger partial charge in [0.05, 0.1) is 4.92 Å². The van der Waals surface area contributed by atoms with E-state index in [4.69, 9.17) is 12.2 Å². The van der Waals surface area contributed by atoms with Gasteiger partial charge < -0.3 is 10.2 Å². The predicted octanol–water partition coefficient (Wildman–Crippen LogP) is 1.90. The second-order valence-electron chi connectivity index (χ2n) is 3.95. The number of nitrogens with zero attached hydrogens (tertiary/aromatic N) is 4. The number of hydrogen-bond donors (Lipinski definition) is 1. The first kappa shape index (κ1) is 13.9. The van der Waals surface area contributed by atoms with Gasteiger partial charge in [-0.25, -0.2) is 9.97 Å². The smallest absolute Gasteiger partial charge is 0.343 e. The summed E-state index contributed by atoms with van der Waals surface area (Å²) >= 11 is 6.46. The molecular weight excluding hydrogens is 286 g/mol. The molecule has 1 aliphatic rings. The van der Waals surface area contributed by atoms with Crippen LogP contribution in [0.1, 0.15) is 12.8 Å². The van der Waals surface area contributed by atoms with Crippen molar-refractivity contribution in [2.24, 2.45) is 0 Å². The first-order valence-electron chi connectivity index (χ1n) is 5.77. The van der Waals surface area contributed by atoms with Gasteiger partial charge in [0.1, 0.15) is 10.6 Å². The summed E-state index contributed by atoms with van der Waals surface area (Å²) in [7, 11) is 1.59. The van der Waals surface area contributed by atoms with Gasteiger partial charge >= 0.3 is 5.69 Å². The topological polar surface area (TPSA) is 84.2 Å². The number of anilines is 1. The Labute approximate surface area is 119 Å². The molecule has 2 rings (SSSR count). The van der Waals surface area contributed by atoms with E-state index in [2.05, 4.69) is 15.3 Å². The van der Waals surface area contributed by atoms with Crippen molar-refractivity contribution < 1.29 is 4.92 Å². The lowest BCUT2D eigenvalue weighted by molar-refractivity contribution is -0.387. The number of nitro groups is 1. The molecule has 0 aromatic carbocycles. The highest BCUT2D eigenvalue weighted by molar-refractivity contribution is 8.22. The van der Waals surface area contributed by atoms with Crippen LogP contribution in [0.4, 0.5) is 11.5 Å². The maximum Gasteiger partial charge on any atom is 0.343 e. The number of hydrogen-bond acceptors (Lipinski definition) is 7. The van der Waals surface area contributed by atoms with Gasteiger partial charge in [-0.1, -0.05) is 12.2 Å². The lowest BCUT2D eigenvalue weighted by Gasteiger charge is -2.17. The van der Waals surface area contributed by atoms with E-state index in [1.165, 1.54) is 6.33 Å². The molecule has 1 aliphatic heterocycles. The van der Waals surface area contributed by atoms with E-state index in [1.807, 2.05) is 4.90 Å². The maximum absolute atomic E-state index is 11.1. The number of thiocarbonyl (C=S) groups is 1. The molecular formula is C10H13N5O2S2. The Morgan fingerprint density at radius 3 is 2.79 bits per heavy atom.